The maximum absolute atomic E-state index is 12.7. The molecule has 2 aromatic rings. The van der Waals surface area contributed by atoms with Crippen molar-refractivity contribution in [2.45, 2.75) is 27.7 Å². The molecule has 0 aliphatic heterocycles. The summed E-state index contributed by atoms with van der Waals surface area (Å²) in [6.45, 7) is 8.16. The monoisotopic (exact) mass is 316 g/mol. The highest BCUT2D eigenvalue weighted by Gasteiger charge is 2.15. The molecule has 0 amide bonds. The molecule has 3 nitrogen and oxygen atoms in total. The molecule has 0 aromatic heterocycles. The van der Waals surface area contributed by atoms with Crippen molar-refractivity contribution in [1.82, 2.24) is 0 Å². The molecule has 22 heavy (non-hydrogen) atoms. The van der Waals surface area contributed by atoms with Gasteiger partial charge in [0.25, 0.3) is 0 Å². The average molecular weight is 316 g/mol. The molecule has 0 fully saturated rings. The van der Waals surface area contributed by atoms with E-state index in [1.807, 2.05) is 39.8 Å². The Kier molecular flexibility index (Phi) is 5.33. The highest BCUT2D eigenvalue weighted by Crippen LogP contribution is 2.23. The summed E-state index contributed by atoms with van der Waals surface area (Å²) in [4.78, 5) is 12.7. The van der Waals surface area contributed by atoms with E-state index >= 15 is 0 Å². The molecule has 0 spiro atoms. The van der Waals surface area contributed by atoms with E-state index in [-0.39, 0.29) is 5.78 Å². The molecule has 0 heterocycles. The molecular weight excluding hydrogens is 295 g/mol. The fraction of sp³-hybridized carbons (Fsp3) is 0.278. The molecule has 2 rings (SSSR count). The van der Waals surface area contributed by atoms with Gasteiger partial charge in [-0.2, -0.15) is 0 Å². The highest BCUT2D eigenvalue weighted by molar-refractivity contribution is 7.48. The molecule has 0 saturated carbocycles. The van der Waals surface area contributed by atoms with E-state index in [0.29, 0.717) is 17.5 Å². The Morgan fingerprint density at radius 1 is 1.05 bits per heavy atom. The topological polar surface area (TPSA) is 43.4 Å². The van der Waals surface area contributed by atoms with Crippen molar-refractivity contribution in [2.75, 3.05) is 6.61 Å². The zero-order valence-electron chi connectivity index (χ0n) is 13.4. The largest absolute Gasteiger partial charge is 0.328 e. The second kappa shape index (κ2) is 7.04. The Morgan fingerprint density at radius 3 is 2.09 bits per heavy atom. The predicted molar refractivity (Wildman–Crippen MR) is 90.8 cm³/mol. The summed E-state index contributed by atoms with van der Waals surface area (Å²) in [5, 5.41) is 0.640. The van der Waals surface area contributed by atoms with Crippen LogP contribution in [-0.4, -0.2) is 12.4 Å². The molecule has 1 atom stereocenters. The van der Waals surface area contributed by atoms with Gasteiger partial charge in [-0.1, -0.05) is 29.8 Å². The van der Waals surface area contributed by atoms with Gasteiger partial charge >= 0.3 is 0 Å². The molecule has 4 heteroatoms. The van der Waals surface area contributed by atoms with E-state index < -0.39 is 8.03 Å². The number of carbonyl (C=O) groups is 1. The first-order chi connectivity index (χ1) is 10.4. The van der Waals surface area contributed by atoms with Gasteiger partial charge in [0.05, 0.1) is 6.61 Å². The minimum Gasteiger partial charge on any atom is -0.328 e. The van der Waals surface area contributed by atoms with E-state index in [9.17, 15) is 9.36 Å². The Balaban J connectivity index is 2.33. The van der Waals surface area contributed by atoms with Crippen molar-refractivity contribution in [3.8, 4) is 0 Å². The zero-order chi connectivity index (χ0) is 16.3. The van der Waals surface area contributed by atoms with E-state index in [0.717, 1.165) is 22.3 Å². The predicted octanol–water partition coefficient (Wildman–Crippen LogP) is 3.98. The van der Waals surface area contributed by atoms with Crippen molar-refractivity contribution in [3.63, 3.8) is 0 Å². The third-order valence-electron chi connectivity index (χ3n) is 3.56. The lowest BCUT2D eigenvalue weighted by atomic mass is 9.93. The lowest BCUT2D eigenvalue weighted by Crippen LogP contribution is -2.08. The van der Waals surface area contributed by atoms with Crippen molar-refractivity contribution in [2.24, 2.45) is 0 Å². The summed E-state index contributed by atoms with van der Waals surface area (Å²) in [5.74, 6) is -0.00219. The van der Waals surface area contributed by atoms with E-state index in [2.05, 4.69) is 0 Å². The Labute approximate surface area is 132 Å². The lowest BCUT2D eigenvalue weighted by molar-refractivity contribution is 0.103. The highest BCUT2D eigenvalue weighted by atomic mass is 31.1. The molecule has 0 radical (unpaired) electrons. The van der Waals surface area contributed by atoms with Gasteiger partial charge in [0.2, 0.25) is 8.03 Å². The lowest BCUT2D eigenvalue weighted by Gasteiger charge is -2.11. The minimum atomic E-state index is -2.21. The van der Waals surface area contributed by atoms with Crippen LogP contribution in [0.3, 0.4) is 0 Å². The maximum Gasteiger partial charge on any atom is 0.220 e. The minimum absolute atomic E-state index is 0.00219. The van der Waals surface area contributed by atoms with Crippen molar-refractivity contribution in [1.29, 1.82) is 0 Å². The molecule has 0 bridgehead atoms. The molecule has 0 saturated heterocycles. The number of benzene rings is 2. The SMILES string of the molecule is CCO[PH](=O)c1ccc(C(=O)c2c(C)cc(C)cc2C)cc1. The first-order valence-corrected chi connectivity index (χ1v) is 8.65. The number of aryl methyl sites for hydroxylation is 3. The Morgan fingerprint density at radius 2 is 1.59 bits per heavy atom. The summed E-state index contributed by atoms with van der Waals surface area (Å²) < 4.78 is 16.9. The Hall–Kier alpha value is -1.70. The molecule has 1 unspecified atom stereocenters. The third kappa shape index (κ3) is 3.55. The van der Waals surface area contributed by atoms with Crippen LogP contribution in [0.5, 0.6) is 0 Å². The van der Waals surface area contributed by atoms with Crippen LogP contribution in [0.25, 0.3) is 0 Å². The van der Waals surface area contributed by atoms with Gasteiger partial charge in [0.15, 0.2) is 5.78 Å². The number of carbonyl (C=O) groups excluding carboxylic acids is 1. The van der Waals surface area contributed by atoms with E-state index in [1.54, 1.807) is 24.3 Å². The van der Waals surface area contributed by atoms with Crippen LogP contribution in [0.2, 0.25) is 0 Å². The van der Waals surface area contributed by atoms with Crippen LogP contribution in [0.4, 0.5) is 0 Å². The van der Waals surface area contributed by atoms with E-state index in [4.69, 9.17) is 4.52 Å². The van der Waals surface area contributed by atoms with Gasteiger partial charge in [0.1, 0.15) is 0 Å². The van der Waals surface area contributed by atoms with Crippen molar-refractivity contribution in [3.05, 3.63) is 64.2 Å². The van der Waals surface area contributed by atoms with Gasteiger partial charge in [0, 0.05) is 16.4 Å². The van der Waals surface area contributed by atoms with Crippen molar-refractivity contribution >= 4 is 19.1 Å². The molecular formula is C18H21O3P. The first-order valence-electron chi connectivity index (χ1n) is 7.33. The molecule has 0 aliphatic rings. The summed E-state index contributed by atoms with van der Waals surface area (Å²) in [5.41, 5.74) is 4.46. The zero-order valence-corrected chi connectivity index (χ0v) is 14.4. The molecule has 0 N–H and O–H groups in total. The molecule has 0 aliphatic carbocycles. The van der Waals surface area contributed by atoms with Crippen LogP contribution >= 0.6 is 8.03 Å². The molecule has 2 aromatic carbocycles. The summed E-state index contributed by atoms with van der Waals surface area (Å²) in [6.07, 6.45) is 0. The first kappa shape index (κ1) is 16.7. The van der Waals surface area contributed by atoms with Crippen LogP contribution < -0.4 is 5.30 Å². The summed E-state index contributed by atoms with van der Waals surface area (Å²) in [7, 11) is -2.21. The van der Waals surface area contributed by atoms with Crippen LogP contribution in [0.15, 0.2) is 36.4 Å². The maximum atomic E-state index is 12.7. The van der Waals surface area contributed by atoms with Crippen LogP contribution in [-0.2, 0) is 9.09 Å². The summed E-state index contributed by atoms with van der Waals surface area (Å²) >= 11 is 0. The quantitative estimate of drug-likeness (QED) is 0.619. The number of ketones is 1. The standard InChI is InChI=1S/C18H21O3P/c1-5-21-22(20)16-8-6-15(7-9-16)18(19)17-13(3)10-12(2)11-14(17)4/h6-11,22H,5H2,1-4H3. The number of hydrogen-bond acceptors (Lipinski definition) is 3. The third-order valence-corrected chi connectivity index (χ3v) is 4.92. The van der Waals surface area contributed by atoms with Gasteiger partial charge < -0.3 is 4.52 Å². The Bertz CT molecular complexity index is 695. The van der Waals surface area contributed by atoms with Crippen LogP contribution in [0, 0.1) is 20.8 Å². The van der Waals surface area contributed by atoms with Crippen molar-refractivity contribution < 1.29 is 13.9 Å². The van der Waals surface area contributed by atoms with Crippen LogP contribution in [0.1, 0.15) is 39.5 Å². The second-order valence-corrected chi connectivity index (χ2v) is 6.84. The van der Waals surface area contributed by atoms with Gasteiger partial charge in [-0.05, 0) is 51.0 Å². The van der Waals surface area contributed by atoms with E-state index in [1.165, 1.54) is 0 Å². The average Bonchev–Trinajstić information content (AvgIpc) is 2.46. The van der Waals surface area contributed by atoms with Gasteiger partial charge in [-0.3, -0.25) is 9.36 Å². The fourth-order valence-electron chi connectivity index (χ4n) is 2.65. The summed E-state index contributed by atoms with van der Waals surface area (Å²) in [6, 6.07) is 10.9. The second-order valence-electron chi connectivity index (χ2n) is 5.40. The normalized spacial score (nSPS) is 12.2. The smallest absolute Gasteiger partial charge is 0.220 e. The molecule has 116 valence electrons. The fourth-order valence-corrected chi connectivity index (χ4v) is 3.52. The van der Waals surface area contributed by atoms with Gasteiger partial charge in [-0.15, -0.1) is 0 Å². The number of hydrogen-bond donors (Lipinski definition) is 0. The number of rotatable bonds is 5. The van der Waals surface area contributed by atoms with Gasteiger partial charge in [-0.25, -0.2) is 0 Å².